The zero-order valence-corrected chi connectivity index (χ0v) is 10.2. The van der Waals surface area contributed by atoms with E-state index in [0.29, 0.717) is 0 Å². The number of likely N-dealkylation sites (N-methyl/N-ethyl adjacent to an activating group) is 1. The molecule has 0 saturated carbocycles. The Hall–Kier alpha value is -1.62. The summed E-state index contributed by atoms with van der Waals surface area (Å²) in [7, 11) is 3.11. The van der Waals surface area contributed by atoms with Crippen molar-refractivity contribution in [1.82, 2.24) is 4.90 Å². The fraction of sp³-hybridized carbons (Fsp3) is 0.308. The molecule has 0 fully saturated rings. The third-order valence-corrected chi connectivity index (χ3v) is 2.55. The molecule has 0 radical (unpaired) electrons. The summed E-state index contributed by atoms with van der Waals surface area (Å²) >= 11 is 0. The molecule has 18 heavy (non-hydrogen) atoms. The number of nitrogens with zero attached hydrogens (tertiary/aromatic N) is 1. The van der Waals surface area contributed by atoms with Gasteiger partial charge in [-0.3, -0.25) is 9.69 Å². The summed E-state index contributed by atoms with van der Waals surface area (Å²) in [5.74, 6) is -0.461. The number of halogens is 3. The summed E-state index contributed by atoms with van der Waals surface area (Å²) in [6.45, 7) is 3.32. The maximum absolute atomic E-state index is 12.9. The lowest BCUT2D eigenvalue weighted by atomic mass is 9.96. The van der Waals surface area contributed by atoms with E-state index in [9.17, 15) is 18.0 Å². The highest BCUT2D eigenvalue weighted by Crippen LogP contribution is 2.36. The molecule has 0 aliphatic heterocycles. The van der Waals surface area contributed by atoms with Crippen molar-refractivity contribution in [2.24, 2.45) is 0 Å². The Kier molecular flexibility index (Phi) is 4.29. The second-order valence-electron chi connectivity index (χ2n) is 4.06. The number of carbonyl (C=O) groups is 1. The van der Waals surface area contributed by atoms with Gasteiger partial charge in [-0.1, -0.05) is 24.8 Å². The molecule has 0 heterocycles. The lowest BCUT2D eigenvalue weighted by Crippen LogP contribution is -2.28. The van der Waals surface area contributed by atoms with Crippen LogP contribution in [0.15, 0.2) is 36.9 Å². The van der Waals surface area contributed by atoms with Crippen molar-refractivity contribution in [3.05, 3.63) is 48.0 Å². The minimum absolute atomic E-state index is 0.0556. The number of alkyl halides is 3. The summed E-state index contributed by atoms with van der Waals surface area (Å²) in [5.41, 5.74) is -0.848. The van der Waals surface area contributed by atoms with Crippen LogP contribution in [0, 0.1) is 0 Å². The molecule has 0 saturated heterocycles. The van der Waals surface area contributed by atoms with Crippen molar-refractivity contribution in [3.8, 4) is 0 Å². The predicted octanol–water partition coefficient (Wildman–Crippen LogP) is 3.06. The number of ketones is 1. The van der Waals surface area contributed by atoms with Crippen molar-refractivity contribution in [3.63, 3.8) is 0 Å². The van der Waals surface area contributed by atoms with E-state index in [-0.39, 0.29) is 5.56 Å². The number of hydrogen-bond donors (Lipinski definition) is 0. The molecule has 98 valence electrons. The molecule has 0 N–H and O–H groups in total. The highest BCUT2D eigenvalue weighted by molar-refractivity contribution is 5.94. The van der Waals surface area contributed by atoms with Gasteiger partial charge in [0, 0.05) is 0 Å². The summed E-state index contributed by atoms with van der Waals surface area (Å²) < 4.78 is 38.7. The first-order valence-electron chi connectivity index (χ1n) is 5.28. The molecule has 1 aromatic carbocycles. The summed E-state index contributed by atoms with van der Waals surface area (Å²) in [4.78, 5) is 13.1. The van der Waals surface area contributed by atoms with Crippen LogP contribution in [0.3, 0.4) is 0 Å². The largest absolute Gasteiger partial charge is 0.416 e. The Morgan fingerprint density at radius 2 is 1.89 bits per heavy atom. The molecule has 0 aromatic heterocycles. The van der Waals surface area contributed by atoms with E-state index in [2.05, 4.69) is 6.58 Å². The topological polar surface area (TPSA) is 20.3 Å². The molecule has 0 bridgehead atoms. The van der Waals surface area contributed by atoms with E-state index in [0.717, 1.165) is 12.1 Å². The van der Waals surface area contributed by atoms with E-state index in [1.54, 1.807) is 14.1 Å². The van der Waals surface area contributed by atoms with E-state index < -0.39 is 23.6 Å². The van der Waals surface area contributed by atoms with Gasteiger partial charge in [0.2, 0.25) is 0 Å². The Bertz CT molecular complexity index is 452. The van der Waals surface area contributed by atoms with E-state index in [4.69, 9.17) is 0 Å². The number of rotatable bonds is 4. The molecule has 0 aliphatic rings. The number of benzene rings is 1. The average molecular weight is 257 g/mol. The molecular formula is C13H14F3NO. The number of carbonyl (C=O) groups excluding carboxylic acids is 1. The highest BCUT2D eigenvalue weighted by atomic mass is 19.4. The van der Waals surface area contributed by atoms with Crippen molar-refractivity contribution in [2.75, 3.05) is 14.1 Å². The van der Waals surface area contributed by atoms with Gasteiger partial charge in [0.15, 0.2) is 5.78 Å². The molecule has 5 heteroatoms. The smallest absolute Gasteiger partial charge is 0.296 e. The Morgan fingerprint density at radius 3 is 2.33 bits per heavy atom. The van der Waals surface area contributed by atoms with E-state index in [1.165, 1.54) is 23.1 Å². The minimum atomic E-state index is -4.48. The standard InChI is InChI=1S/C13H14F3NO/c1-4-11(18)12(17(2)3)9-7-5-6-8-10(9)13(14,15)16/h4-8,12H,1H2,2-3H3. The Labute approximate surface area is 104 Å². The van der Waals surface area contributed by atoms with Crippen LogP contribution in [-0.4, -0.2) is 24.8 Å². The zero-order valence-electron chi connectivity index (χ0n) is 10.2. The fourth-order valence-electron chi connectivity index (χ4n) is 1.79. The maximum Gasteiger partial charge on any atom is 0.416 e. The minimum Gasteiger partial charge on any atom is -0.296 e. The molecule has 2 nitrogen and oxygen atoms in total. The lowest BCUT2D eigenvalue weighted by Gasteiger charge is -2.25. The molecular weight excluding hydrogens is 243 g/mol. The predicted molar refractivity (Wildman–Crippen MR) is 63.1 cm³/mol. The first-order valence-corrected chi connectivity index (χ1v) is 5.28. The Balaban J connectivity index is 3.38. The molecule has 0 spiro atoms. The van der Waals surface area contributed by atoms with Crippen molar-refractivity contribution in [1.29, 1.82) is 0 Å². The SMILES string of the molecule is C=CC(=O)C(c1ccccc1C(F)(F)F)N(C)C. The molecule has 1 rings (SSSR count). The summed E-state index contributed by atoms with van der Waals surface area (Å²) in [5, 5.41) is 0. The first-order chi connectivity index (χ1) is 8.29. The normalized spacial score (nSPS) is 13.4. The fourth-order valence-corrected chi connectivity index (χ4v) is 1.79. The average Bonchev–Trinajstić information content (AvgIpc) is 2.27. The third kappa shape index (κ3) is 2.98. The van der Waals surface area contributed by atoms with Crippen molar-refractivity contribution in [2.45, 2.75) is 12.2 Å². The van der Waals surface area contributed by atoms with Gasteiger partial charge in [0.1, 0.15) is 0 Å². The first kappa shape index (κ1) is 14.4. The van der Waals surface area contributed by atoms with Gasteiger partial charge in [-0.25, -0.2) is 0 Å². The van der Waals surface area contributed by atoms with Crippen LogP contribution in [0.25, 0.3) is 0 Å². The van der Waals surface area contributed by atoms with Crippen molar-refractivity contribution < 1.29 is 18.0 Å². The van der Waals surface area contributed by atoms with Gasteiger partial charge in [-0.2, -0.15) is 13.2 Å². The summed E-state index contributed by atoms with van der Waals surface area (Å²) in [6.07, 6.45) is -3.44. The second-order valence-corrected chi connectivity index (χ2v) is 4.06. The van der Waals surface area contributed by atoms with Gasteiger partial charge < -0.3 is 0 Å². The maximum atomic E-state index is 12.9. The highest BCUT2D eigenvalue weighted by Gasteiger charge is 2.36. The van der Waals surface area contributed by atoms with Crippen LogP contribution in [0.4, 0.5) is 13.2 Å². The molecule has 0 amide bonds. The molecule has 1 unspecified atom stereocenters. The number of hydrogen-bond acceptors (Lipinski definition) is 2. The monoisotopic (exact) mass is 257 g/mol. The van der Waals surface area contributed by atoms with Crippen LogP contribution in [-0.2, 0) is 11.0 Å². The Morgan fingerprint density at radius 1 is 1.33 bits per heavy atom. The quantitative estimate of drug-likeness (QED) is 0.773. The summed E-state index contributed by atoms with van der Waals surface area (Å²) in [6, 6.07) is 4.10. The van der Waals surface area contributed by atoms with Gasteiger partial charge in [-0.05, 0) is 31.8 Å². The van der Waals surface area contributed by atoms with Gasteiger partial charge in [-0.15, -0.1) is 0 Å². The van der Waals surface area contributed by atoms with Crippen LogP contribution < -0.4 is 0 Å². The van der Waals surface area contributed by atoms with Gasteiger partial charge in [0.25, 0.3) is 0 Å². The van der Waals surface area contributed by atoms with Gasteiger partial charge >= 0.3 is 6.18 Å². The van der Waals surface area contributed by atoms with Crippen LogP contribution in [0.1, 0.15) is 17.2 Å². The second kappa shape index (κ2) is 5.35. The molecule has 1 aromatic rings. The zero-order chi connectivity index (χ0) is 13.9. The molecule has 1 atom stereocenters. The molecule has 0 aliphatic carbocycles. The van der Waals surface area contributed by atoms with E-state index in [1.807, 2.05) is 0 Å². The third-order valence-electron chi connectivity index (χ3n) is 2.55. The van der Waals surface area contributed by atoms with Gasteiger partial charge in [0.05, 0.1) is 11.6 Å². The lowest BCUT2D eigenvalue weighted by molar-refractivity contribution is -0.139. The van der Waals surface area contributed by atoms with Crippen LogP contribution >= 0.6 is 0 Å². The van der Waals surface area contributed by atoms with Crippen molar-refractivity contribution >= 4 is 5.78 Å². The van der Waals surface area contributed by atoms with Crippen LogP contribution in [0.2, 0.25) is 0 Å². The van der Waals surface area contributed by atoms with Crippen LogP contribution in [0.5, 0.6) is 0 Å². The van der Waals surface area contributed by atoms with E-state index >= 15 is 0 Å².